The van der Waals surface area contributed by atoms with Crippen LogP contribution in [0.15, 0.2) is 30.5 Å². The van der Waals surface area contributed by atoms with E-state index in [1.807, 2.05) is 0 Å². The van der Waals surface area contributed by atoms with E-state index in [0.717, 1.165) is 25.7 Å². The molecule has 5 heterocycles. The molecule has 0 spiro atoms. The molecule has 0 amide bonds. The number of alkyl halides is 3. The molecule has 1 aliphatic carbocycles. The normalized spacial score (nSPS) is 23.6. The van der Waals surface area contributed by atoms with Crippen LogP contribution in [-0.2, 0) is 0 Å². The van der Waals surface area contributed by atoms with Crippen LogP contribution < -0.4 is 15.0 Å². The van der Waals surface area contributed by atoms with Crippen LogP contribution in [0, 0.1) is 23.6 Å². The molecule has 1 saturated carbocycles. The number of aromatic nitrogens is 3. The number of anilines is 1. The van der Waals surface area contributed by atoms with Crippen LogP contribution in [0.2, 0.25) is 0 Å². The van der Waals surface area contributed by atoms with Crippen LogP contribution in [-0.4, -0.2) is 82.5 Å². The average Bonchev–Trinajstić information content (AvgIpc) is 3.57. The number of hydrogen-bond acceptors (Lipinski definition) is 8. The summed E-state index contributed by atoms with van der Waals surface area (Å²) in [6, 6.07) is 5.77. The third-order valence-electron chi connectivity index (χ3n) is 10.2. The van der Waals surface area contributed by atoms with Crippen molar-refractivity contribution in [3.05, 3.63) is 47.4 Å². The topological polar surface area (TPSA) is 86.6 Å². The van der Waals surface area contributed by atoms with Crippen molar-refractivity contribution in [2.45, 2.75) is 56.8 Å². The number of phenolic OH excluding ortho intramolecular Hbond substituents is 1. The van der Waals surface area contributed by atoms with Gasteiger partial charge in [0.25, 0.3) is 6.43 Å². The molecule has 3 unspecified atom stereocenters. The number of fused-ring (bicyclic) bond motifs is 4. The van der Waals surface area contributed by atoms with Crippen molar-refractivity contribution in [2.75, 3.05) is 44.2 Å². The minimum absolute atomic E-state index is 0.0278. The molecule has 3 aliphatic heterocycles. The number of terminal acetylenes is 1. The van der Waals surface area contributed by atoms with Gasteiger partial charge in [-0.05, 0) is 61.3 Å². The van der Waals surface area contributed by atoms with Gasteiger partial charge in [-0.3, -0.25) is 9.88 Å². The number of piperazine rings is 1. The second kappa shape index (κ2) is 11.5. The molecule has 4 fully saturated rings. The van der Waals surface area contributed by atoms with Crippen LogP contribution in [0.1, 0.15) is 49.7 Å². The summed E-state index contributed by atoms with van der Waals surface area (Å²) in [5.74, 6) is 1.88. The number of halogens is 4. The molecule has 8 nitrogen and oxygen atoms in total. The van der Waals surface area contributed by atoms with Gasteiger partial charge in [-0.25, -0.2) is 17.6 Å². The Kier molecular flexibility index (Phi) is 7.37. The molecule has 3 atom stereocenters. The molecule has 2 N–H and O–H groups in total. The molecule has 47 heavy (non-hydrogen) atoms. The molecule has 2 bridgehead atoms. The summed E-state index contributed by atoms with van der Waals surface area (Å²) < 4.78 is 65.6. The molecule has 0 radical (unpaired) electrons. The molecular weight excluding hydrogens is 612 g/mol. The summed E-state index contributed by atoms with van der Waals surface area (Å²) in [5.41, 5.74) is -0.491. The van der Waals surface area contributed by atoms with Gasteiger partial charge in [-0.1, -0.05) is 12.0 Å². The first-order valence-corrected chi connectivity index (χ1v) is 16.1. The second-order valence-corrected chi connectivity index (χ2v) is 13.5. The maximum Gasteiger partial charge on any atom is 0.319 e. The Hall–Kier alpha value is -4.21. The van der Waals surface area contributed by atoms with E-state index < -0.39 is 24.0 Å². The summed E-state index contributed by atoms with van der Waals surface area (Å²) in [6.07, 6.45) is 7.50. The van der Waals surface area contributed by atoms with Crippen LogP contribution >= 0.6 is 0 Å². The molecule has 2 aromatic heterocycles. The molecule has 8 rings (SSSR count). The summed E-state index contributed by atoms with van der Waals surface area (Å²) in [4.78, 5) is 18.2. The minimum Gasteiger partial charge on any atom is -0.508 e. The predicted molar refractivity (Wildman–Crippen MR) is 170 cm³/mol. The van der Waals surface area contributed by atoms with Crippen molar-refractivity contribution in [3.8, 4) is 35.2 Å². The number of nitrogens with zero attached hydrogens (tertiary/aromatic N) is 5. The lowest BCUT2D eigenvalue weighted by Crippen LogP contribution is -2.51. The van der Waals surface area contributed by atoms with E-state index in [0.29, 0.717) is 50.3 Å². The zero-order chi connectivity index (χ0) is 32.4. The highest BCUT2D eigenvalue weighted by atomic mass is 19.3. The van der Waals surface area contributed by atoms with Crippen molar-refractivity contribution in [3.63, 3.8) is 0 Å². The van der Waals surface area contributed by atoms with E-state index >= 15 is 8.78 Å². The molecule has 4 aliphatic rings. The fraction of sp³-hybridized carbons (Fsp3) is 0.457. The SMILES string of the molecule is C#Cc1c(F)ccc2cc(O)cc(-c3cnc4c(N5CC6CCC(C5)N6)nc(OCC5(CN6CCC(F)C6)CC5)nc4c3C(F)F)c12. The molecule has 4 aromatic rings. The quantitative estimate of drug-likeness (QED) is 0.185. The first-order valence-electron chi connectivity index (χ1n) is 16.1. The lowest BCUT2D eigenvalue weighted by atomic mass is 9.92. The maximum absolute atomic E-state index is 15.3. The summed E-state index contributed by atoms with van der Waals surface area (Å²) >= 11 is 0. The summed E-state index contributed by atoms with van der Waals surface area (Å²) in [6.45, 7) is 3.33. The molecule has 244 valence electrons. The Morgan fingerprint density at radius 2 is 1.85 bits per heavy atom. The summed E-state index contributed by atoms with van der Waals surface area (Å²) in [7, 11) is 0. The van der Waals surface area contributed by atoms with Crippen molar-refractivity contribution >= 4 is 27.6 Å². The van der Waals surface area contributed by atoms with Gasteiger partial charge in [0.1, 0.15) is 28.8 Å². The molecule has 12 heteroatoms. The maximum atomic E-state index is 15.3. The number of rotatable bonds is 8. The van der Waals surface area contributed by atoms with Crippen molar-refractivity contribution in [1.82, 2.24) is 25.2 Å². The number of benzene rings is 2. The lowest BCUT2D eigenvalue weighted by molar-refractivity contribution is 0.153. The zero-order valence-electron chi connectivity index (χ0n) is 25.7. The number of nitrogens with one attached hydrogen (secondary N) is 1. The molecule has 3 saturated heterocycles. The van der Waals surface area contributed by atoms with Gasteiger partial charge in [0.05, 0.1) is 17.7 Å². The fourth-order valence-electron chi connectivity index (χ4n) is 7.67. The van der Waals surface area contributed by atoms with E-state index in [9.17, 15) is 13.9 Å². The predicted octanol–water partition coefficient (Wildman–Crippen LogP) is 5.75. The number of ether oxygens (including phenoxy) is 1. The average molecular weight is 647 g/mol. The van der Waals surface area contributed by atoms with E-state index in [1.54, 1.807) is 0 Å². The number of likely N-dealkylation sites (tertiary alicyclic amines) is 1. The van der Waals surface area contributed by atoms with Crippen LogP contribution in [0.25, 0.3) is 32.9 Å². The van der Waals surface area contributed by atoms with E-state index in [4.69, 9.17) is 16.1 Å². The third-order valence-corrected chi connectivity index (χ3v) is 10.2. The van der Waals surface area contributed by atoms with E-state index in [1.165, 1.54) is 30.5 Å². The molecular formula is C35H34F4N6O2. The second-order valence-electron chi connectivity index (χ2n) is 13.5. The fourth-order valence-corrected chi connectivity index (χ4v) is 7.67. The highest BCUT2D eigenvalue weighted by molar-refractivity contribution is 6.04. The lowest BCUT2D eigenvalue weighted by Gasteiger charge is -2.34. The Labute approximate surface area is 269 Å². The van der Waals surface area contributed by atoms with Crippen LogP contribution in [0.5, 0.6) is 11.8 Å². The largest absolute Gasteiger partial charge is 0.508 e. The van der Waals surface area contributed by atoms with Gasteiger partial charge in [0, 0.05) is 67.4 Å². The van der Waals surface area contributed by atoms with Crippen LogP contribution in [0.3, 0.4) is 0 Å². The minimum atomic E-state index is -3.02. The standard InChI is InChI=1S/C35H34F4N6O2/c1-2-24-27(37)6-3-19-11-23(46)12-25(28(19)24)26-13-40-31-30(29(26)32(38)39)42-34(43-33(31)45-15-21-4-5-22(16-45)41-21)47-18-35(8-9-35)17-44-10-7-20(36)14-44/h1,3,6,11-13,20-22,32,41,46H,4-5,7-10,14-18H2. The molecule has 2 aromatic carbocycles. The van der Waals surface area contributed by atoms with Gasteiger partial charge >= 0.3 is 6.01 Å². The van der Waals surface area contributed by atoms with Crippen LogP contribution in [0.4, 0.5) is 23.4 Å². The number of hydrogen-bond donors (Lipinski definition) is 2. The van der Waals surface area contributed by atoms with Gasteiger partial charge in [-0.2, -0.15) is 9.97 Å². The van der Waals surface area contributed by atoms with Crippen molar-refractivity contribution in [1.29, 1.82) is 0 Å². The first-order chi connectivity index (χ1) is 22.7. The highest BCUT2D eigenvalue weighted by Crippen LogP contribution is 2.48. The number of pyridine rings is 1. The van der Waals surface area contributed by atoms with Gasteiger partial charge in [0.15, 0.2) is 5.82 Å². The van der Waals surface area contributed by atoms with Crippen molar-refractivity contribution in [2.24, 2.45) is 5.41 Å². The third kappa shape index (κ3) is 5.49. The summed E-state index contributed by atoms with van der Waals surface area (Å²) in [5, 5.41) is 14.8. The monoisotopic (exact) mass is 646 g/mol. The smallest absolute Gasteiger partial charge is 0.319 e. The zero-order valence-corrected chi connectivity index (χ0v) is 25.7. The first kappa shape index (κ1) is 30.1. The Bertz CT molecular complexity index is 1920. The Morgan fingerprint density at radius 3 is 2.53 bits per heavy atom. The number of aromatic hydroxyl groups is 1. The van der Waals surface area contributed by atoms with Gasteiger partial charge in [0.2, 0.25) is 0 Å². The highest BCUT2D eigenvalue weighted by Gasteiger charge is 2.46. The van der Waals surface area contributed by atoms with Gasteiger partial charge in [-0.15, -0.1) is 6.42 Å². The Balaban J connectivity index is 1.27. The Morgan fingerprint density at radius 1 is 1.06 bits per heavy atom. The van der Waals surface area contributed by atoms with E-state index in [-0.39, 0.29) is 69.0 Å². The van der Waals surface area contributed by atoms with E-state index in [2.05, 4.69) is 31.0 Å². The number of phenols is 1. The van der Waals surface area contributed by atoms with Gasteiger partial charge < -0.3 is 20.1 Å². The van der Waals surface area contributed by atoms with Crippen molar-refractivity contribution < 1.29 is 27.4 Å².